The van der Waals surface area contributed by atoms with Crippen LogP contribution in [0.2, 0.25) is 0 Å². The standard InChI is InChI=1S/C32H40N4O6/c1-31(2,3)41-29(39)34-26(20-22-12-8-7-9-13-22)27(37)21-36(35-30(40)42-32(4,5)6)28(38)24-17-15-23(16-18-24)25-14-10-11-19-33-25/h7-19,26-27,37H,20-21H2,1-6H3,(H,34,39)(H,35,40)/t26-,27-/m0/s1. The zero-order chi connectivity index (χ0) is 30.9. The zero-order valence-corrected chi connectivity index (χ0v) is 25.0. The van der Waals surface area contributed by atoms with Crippen LogP contribution in [-0.2, 0) is 15.9 Å². The van der Waals surface area contributed by atoms with Crippen LogP contribution in [-0.4, -0.2) is 63.1 Å². The number of nitrogens with one attached hydrogen (secondary N) is 2. The summed E-state index contributed by atoms with van der Waals surface area (Å²) >= 11 is 0. The molecule has 0 saturated carbocycles. The molecule has 224 valence electrons. The van der Waals surface area contributed by atoms with Crippen molar-refractivity contribution >= 4 is 18.1 Å². The smallest absolute Gasteiger partial charge is 0.426 e. The third-order valence-corrected chi connectivity index (χ3v) is 5.80. The summed E-state index contributed by atoms with van der Waals surface area (Å²) in [6, 6.07) is 20.7. The zero-order valence-electron chi connectivity index (χ0n) is 25.0. The number of alkyl carbamates (subject to hydrolysis) is 1. The van der Waals surface area contributed by atoms with Gasteiger partial charge in [0.1, 0.15) is 11.2 Å². The van der Waals surface area contributed by atoms with E-state index < -0.39 is 41.4 Å². The highest BCUT2D eigenvalue weighted by Crippen LogP contribution is 2.18. The molecule has 0 aliphatic carbocycles. The highest BCUT2D eigenvalue weighted by atomic mass is 16.6. The molecule has 3 rings (SSSR count). The lowest BCUT2D eigenvalue weighted by atomic mass is 10.0. The van der Waals surface area contributed by atoms with Gasteiger partial charge in [-0.15, -0.1) is 0 Å². The number of aliphatic hydroxyl groups excluding tert-OH is 1. The molecule has 1 aromatic heterocycles. The SMILES string of the molecule is CC(C)(C)OC(=O)N[C@@H](Cc1ccccc1)[C@@H](O)CN(NC(=O)OC(C)(C)C)C(=O)c1ccc(-c2ccccn2)cc1. The molecule has 1 heterocycles. The molecule has 0 unspecified atom stereocenters. The van der Waals surface area contributed by atoms with Crippen molar-refractivity contribution in [2.45, 2.75) is 71.3 Å². The average molecular weight is 577 g/mol. The molecule has 10 heteroatoms. The lowest BCUT2D eigenvalue weighted by molar-refractivity contribution is 0.0127. The predicted molar refractivity (Wildman–Crippen MR) is 159 cm³/mol. The number of amides is 3. The van der Waals surface area contributed by atoms with Crippen LogP contribution >= 0.6 is 0 Å². The number of pyridine rings is 1. The molecular weight excluding hydrogens is 536 g/mol. The maximum atomic E-state index is 13.6. The first-order valence-electron chi connectivity index (χ1n) is 13.7. The van der Waals surface area contributed by atoms with E-state index in [4.69, 9.17) is 9.47 Å². The van der Waals surface area contributed by atoms with E-state index in [0.717, 1.165) is 21.8 Å². The van der Waals surface area contributed by atoms with Crippen LogP contribution in [0.4, 0.5) is 9.59 Å². The van der Waals surface area contributed by atoms with E-state index in [2.05, 4.69) is 15.7 Å². The first-order valence-corrected chi connectivity index (χ1v) is 13.7. The topological polar surface area (TPSA) is 130 Å². The molecule has 42 heavy (non-hydrogen) atoms. The molecule has 3 N–H and O–H groups in total. The van der Waals surface area contributed by atoms with E-state index in [1.165, 1.54) is 0 Å². The monoisotopic (exact) mass is 576 g/mol. The van der Waals surface area contributed by atoms with Gasteiger partial charge in [-0.1, -0.05) is 48.5 Å². The van der Waals surface area contributed by atoms with Crippen molar-refractivity contribution in [1.29, 1.82) is 0 Å². The fraction of sp³-hybridized carbons (Fsp3) is 0.375. The van der Waals surface area contributed by atoms with Crippen molar-refractivity contribution in [2.75, 3.05) is 6.54 Å². The van der Waals surface area contributed by atoms with Gasteiger partial charge in [0.15, 0.2) is 0 Å². The number of nitrogens with zero attached hydrogens (tertiary/aromatic N) is 2. The van der Waals surface area contributed by atoms with E-state index in [1.807, 2.05) is 48.5 Å². The number of benzene rings is 2. The molecular formula is C32H40N4O6. The van der Waals surface area contributed by atoms with Crippen LogP contribution in [0.25, 0.3) is 11.3 Å². The van der Waals surface area contributed by atoms with Crippen molar-refractivity contribution in [3.63, 3.8) is 0 Å². The third-order valence-electron chi connectivity index (χ3n) is 5.80. The number of ether oxygens (including phenoxy) is 2. The van der Waals surface area contributed by atoms with Crippen molar-refractivity contribution in [3.05, 3.63) is 90.1 Å². The Morgan fingerprint density at radius 3 is 2.00 bits per heavy atom. The number of carbonyl (C=O) groups is 3. The molecule has 0 aliphatic rings. The fourth-order valence-corrected chi connectivity index (χ4v) is 3.99. The van der Waals surface area contributed by atoms with Crippen molar-refractivity contribution in [2.24, 2.45) is 0 Å². The Morgan fingerprint density at radius 2 is 1.43 bits per heavy atom. The summed E-state index contributed by atoms with van der Waals surface area (Å²) in [4.78, 5) is 43.3. The van der Waals surface area contributed by atoms with Crippen molar-refractivity contribution in [3.8, 4) is 11.3 Å². The Morgan fingerprint density at radius 1 is 0.833 bits per heavy atom. The normalized spacial score (nSPS) is 12.9. The van der Waals surface area contributed by atoms with Gasteiger partial charge in [0.2, 0.25) is 0 Å². The molecule has 3 amide bonds. The van der Waals surface area contributed by atoms with Crippen molar-refractivity contribution in [1.82, 2.24) is 20.7 Å². The Kier molecular flexibility index (Phi) is 10.7. The maximum Gasteiger partial charge on any atom is 0.426 e. The molecule has 0 bridgehead atoms. The highest BCUT2D eigenvalue weighted by Gasteiger charge is 2.30. The molecule has 0 saturated heterocycles. The predicted octanol–water partition coefficient (Wildman–Crippen LogP) is 5.13. The number of hydrazine groups is 1. The van der Waals surface area contributed by atoms with Gasteiger partial charge >= 0.3 is 12.2 Å². The molecule has 2 aromatic carbocycles. The Labute approximate surface area is 247 Å². The quantitative estimate of drug-likeness (QED) is 0.317. The highest BCUT2D eigenvalue weighted by molar-refractivity contribution is 5.95. The van der Waals surface area contributed by atoms with Gasteiger partial charge in [0.25, 0.3) is 5.91 Å². The summed E-state index contributed by atoms with van der Waals surface area (Å²) in [6.45, 7) is 9.95. The summed E-state index contributed by atoms with van der Waals surface area (Å²) in [7, 11) is 0. The number of hydrogen-bond acceptors (Lipinski definition) is 7. The molecule has 0 fully saturated rings. The fourth-order valence-electron chi connectivity index (χ4n) is 3.99. The summed E-state index contributed by atoms with van der Waals surface area (Å²) in [5, 5.41) is 15.1. The minimum atomic E-state index is -1.30. The van der Waals surface area contributed by atoms with Crippen LogP contribution in [0, 0.1) is 0 Å². The summed E-state index contributed by atoms with van der Waals surface area (Å²) < 4.78 is 10.8. The van der Waals surface area contributed by atoms with Gasteiger partial charge in [-0.25, -0.2) is 20.0 Å². The second-order valence-electron chi connectivity index (χ2n) is 11.8. The number of carbonyl (C=O) groups excluding carboxylic acids is 3. The van der Waals surface area contributed by atoms with Gasteiger partial charge in [0, 0.05) is 17.3 Å². The van der Waals surface area contributed by atoms with Crippen LogP contribution in [0.5, 0.6) is 0 Å². The molecule has 0 aliphatic heterocycles. The minimum absolute atomic E-state index is 0.245. The second-order valence-corrected chi connectivity index (χ2v) is 11.8. The van der Waals surface area contributed by atoms with Crippen LogP contribution in [0.15, 0.2) is 79.0 Å². The van der Waals surface area contributed by atoms with Crippen LogP contribution < -0.4 is 10.7 Å². The Hall–Kier alpha value is -4.44. The van der Waals surface area contributed by atoms with E-state index in [9.17, 15) is 19.5 Å². The molecule has 0 radical (unpaired) electrons. The average Bonchev–Trinajstić information content (AvgIpc) is 2.91. The van der Waals surface area contributed by atoms with Gasteiger partial charge in [0.05, 0.1) is 24.4 Å². The number of hydrogen-bond donors (Lipinski definition) is 3. The maximum absolute atomic E-state index is 13.6. The summed E-state index contributed by atoms with van der Waals surface area (Å²) in [6.07, 6.45) is -0.962. The number of aliphatic hydroxyl groups is 1. The second kappa shape index (κ2) is 14.0. The lowest BCUT2D eigenvalue weighted by Crippen LogP contribution is -2.56. The van der Waals surface area contributed by atoms with Gasteiger partial charge in [-0.2, -0.15) is 0 Å². The first-order chi connectivity index (χ1) is 19.7. The third kappa shape index (κ3) is 10.5. The number of aromatic nitrogens is 1. The lowest BCUT2D eigenvalue weighted by Gasteiger charge is -2.31. The van der Waals surface area contributed by atoms with Gasteiger partial charge < -0.3 is 19.9 Å². The van der Waals surface area contributed by atoms with Crippen molar-refractivity contribution < 1.29 is 29.0 Å². The Balaban J connectivity index is 1.86. The Bertz CT molecular complexity index is 1320. The van der Waals surface area contributed by atoms with E-state index >= 15 is 0 Å². The van der Waals surface area contributed by atoms with Crippen LogP contribution in [0.3, 0.4) is 0 Å². The molecule has 3 aromatic rings. The van der Waals surface area contributed by atoms with E-state index in [-0.39, 0.29) is 18.5 Å². The largest absolute Gasteiger partial charge is 0.444 e. The van der Waals surface area contributed by atoms with Gasteiger partial charge in [-0.05, 0) is 77.8 Å². The van der Waals surface area contributed by atoms with E-state index in [0.29, 0.717) is 0 Å². The van der Waals surface area contributed by atoms with Crippen LogP contribution in [0.1, 0.15) is 57.5 Å². The molecule has 2 atom stereocenters. The summed E-state index contributed by atoms with van der Waals surface area (Å²) in [5.41, 5.74) is 3.55. The summed E-state index contributed by atoms with van der Waals surface area (Å²) in [5.74, 6) is -0.580. The first kappa shape index (κ1) is 32.1. The number of rotatable bonds is 8. The molecule has 0 spiro atoms. The van der Waals surface area contributed by atoms with E-state index in [1.54, 1.807) is 72.0 Å². The minimum Gasteiger partial charge on any atom is -0.444 e. The molecule has 10 nitrogen and oxygen atoms in total. The van der Waals surface area contributed by atoms with Gasteiger partial charge in [-0.3, -0.25) is 9.78 Å².